The van der Waals surface area contributed by atoms with Crippen LogP contribution in [-0.4, -0.2) is 29.4 Å². The highest BCUT2D eigenvalue weighted by atomic mass is 32.2. The molecule has 0 bridgehead atoms. The molecule has 0 spiro atoms. The number of ether oxygens (including phenoxy) is 1. The predicted octanol–water partition coefficient (Wildman–Crippen LogP) is 4.12. The van der Waals surface area contributed by atoms with E-state index in [1.165, 1.54) is 0 Å². The number of esters is 1. The molecule has 0 heterocycles. The minimum atomic E-state index is -0.696. The SMILES string of the molecule is CC(C)CNC(C)(CSc1ccccc1)C(=O)OC(C)(C)C. The van der Waals surface area contributed by atoms with E-state index in [1.807, 2.05) is 45.9 Å². The molecule has 0 saturated heterocycles. The van der Waals surface area contributed by atoms with Crippen molar-refractivity contribution in [2.75, 3.05) is 12.3 Å². The largest absolute Gasteiger partial charge is 0.459 e. The maximum absolute atomic E-state index is 12.6. The van der Waals surface area contributed by atoms with Gasteiger partial charge in [0.2, 0.25) is 0 Å². The molecule has 0 aliphatic carbocycles. The molecule has 4 heteroatoms. The van der Waals surface area contributed by atoms with Crippen LogP contribution in [0.2, 0.25) is 0 Å². The Hall–Kier alpha value is -1.00. The predicted molar refractivity (Wildman–Crippen MR) is 94.3 cm³/mol. The van der Waals surface area contributed by atoms with Gasteiger partial charge in [0, 0.05) is 10.6 Å². The van der Waals surface area contributed by atoms with Crippen LogP contribution in [0.25, 0.3) is 0 Å². The van der Waals surface area contributed by atoms with E-state index in [-0.39, 0.29) is 5.97 Å². The lowest BCUT2D eigenvalue weighted by atomic mass is 10.0. The van der Waals surface area contributed by atoms with Gasteiger partial charge in [-0.15, -0.1) is 11.8 Å². The van der Waals surface area contributed by atoms with Crippen molar-refractivity contribution >= 4 is 17.7 Å². The van der Waals surface area contributed by atoms with Gasteiger partial charge in [-0.2, -0.15) is 0 Å². The first-order chi connectivity index (χ1) is 10.1. The van der Waals surface area contributed by atoms with Crippen molar-refractivity contribution in [1.82, 2.24) is 5.32 Å². The lowest BCUT2D eigenvalue weighted by Crippen LogP contribution is -2.55. The first-order valence-corrected chi connectivity index (χ1v) is 8.77. The van der Waals surface area contributed by atoms with Crippen LogP contribution >= 0.6 is 11.8 Å². The number of carbonyl (C=O) groups is 1. The molecular weight excluding hydrogens is 294 g/mol. The van der Waals surface area contributed by atoms with E-state index >= 15 is 0 Å². The highest BCUT2D eigenvalue weighted by molar-refractivity contribution is 7.99. The van der Waals surface area contributed by atoms with Crippen LogP contribution in [0.3, 0.4) is 0 Å². The zero-order valence-corrected chi connectivity index (χ0v) is 15.4. The highest BCUT2D eigenvalue weighted by Crippen LogP contribution is 2.25. The maximum atomic E-state index is 12.6. The van der Waals surface area contributed by atoms with Crippen molar-refractivity contribution in [2.24, 2.45) is 5.92 Å². The van der Waals surface area contributed by atoms with Crippen LogP contribution in [0, 0.1) is 5.92 Å². The van der Waals surface area contributed by atoms with E-state index in [4.69, 9.17) is 4.74 Å². The van der Waals surface area contributed by atoms with Gasteiger partial charge in [0.1, 0.15) is 11.1 Å². The number of hydrogen-bond acceptors (Lipinski definition) is 4. The number of benzene rings is 1. The molecule has 0 saturated carbocycles. The zero-order valence-electron chi connectivity index (χ0n) is 14.6. The lowest BCUT2D eigenvalue weighted by Gasteiger charge is -2.32. The summed E-state index contributed by atoms with van der Waals surface area (Å²) in [4.78, 5) is 13.8. The highest BCUT2D eigenvalue weighted by Gasteiger charge is 2.37. The van der Waals surface area contributed by atoms with E-state index in [1.54, 1.807) is 11.8 Å². The van der Waals surface area contributed by atoms with Gasteiger partial charge in [-0.25, -0.2) is 0 Å². The van der Waals surface area contributed by atoms with E-state index in [9.17, 15) is 4.79 Å². The van der Waals surface area contributed by atoms with Gasteiger partial charge in [0.25, 0.3) is 0 Å². The third-order valence-electron chi connectivity index (χ3n) is 3.02. The lowest BCUT2D eigenvalue weighted by molar-refractivity contribution is -0.161. The van der Waals surface area contributed by atoms with Crippen molar-refractivity contribution in [3.8, 4) is 0 Å². The van der Waals surface area contributed by atoms with Crippen LogP contribution < -0.4 is 5.32 Å². The summed E-state index contributed by atoms with van der Waals surface area (Å²) in [5.74, 6) is 0.922. The normalized spacial score (nSPS) is 14.7. The fraction of sp³-hybridized carbons (Fsp3) is 0.611. The van der Waals surface area contributed by atoms with E-state index in [0.717, 1.165) is 11.4 Å². The summed E-state index contributed by atoms with van der Waals surface area (Å²) in [5, 5.41) is 3.39. The van der Waals surface area contributed by atoms with Crippen LogP contribution in [0.4, 0.5) is 0 Å². The number of rotatable bonds is 7. The Kier molecular flexibility index (Phi) is 6.95. The Morgan fingerprint density at radius 2 is 1.77 bits per heavy atom. The number of hydrogen-bond donors (Lipinski definition) is 1. The van der Waals surface area contributed by atoms with Gasteiger partial charge in [-0.1, -0.05) is 32.0 Å². The Morgan fingerprint density at radius 3 is 2.27 bits per heavy atom. The minimum Gasteiger partial charge on any atom is -0.459 e. The average Bonchev–Trinajstić information content (AvgIpc) is 2.42. The molecule has 3 nitrogen and oxygen atoms in total. The molecule has 1 rings (SSSR count). The molecule has 1 N–H and O–H groups in total. The third kappa shape index (κ3) is 6.84. The summed E-state index contributed by atoms with van der Waals surface area (Å²) < 4.78 is 5.61. The van der Waals surface area contributed by atoms with Crippen molar-refractivity contribution in [1.29, 1.82) is 0 Å². The van der Waals surface area contributed by atoms with Gasteiger partial charge in [0.05, 0.1) is 0 Å². The Balaban J connectivity index is 2.79. The van der Waals surface area contributed by atoms with Crippen LogP contribution in [0.5, 0.6) is 0 Å². The first kappa shape index (κ1) is 19.0. The molecule has 0 aromatic heterocycles. The second kappa shape index (κ2) is 8.02. The summed E-state index contributed by atoms with van der Waals surface area (Å²) in [6.07, 6.45) is 0. The van der Waals surface area contributed by atoms with Crippen LogP contribution in [0.1, 0.15) is 41.5 Å². The van der Waals surface area contributed by atoms with Crippen LogP contribution in [-0.2, 0) is 9.53 Å². The Morgan fingerprint density at radius 1 is 1.18 bits per heavy atom. The fourth-order valence-corrected chi connectivity index (χ4v) is 2.77. The Labute approximate surface area is 139 Å². The van der Waals surface area contributed by atoms with Crippen molar-refractivity contribution in [3.63, 3.8) is 0 Å². The second-order valence-electron chi connectivity index (χ2n) is 7.21. The molecule has 0 fully saturated rings. The first-order valence-electron chi connectivity index (χ1n) is 7.79. The maximum Gasteiger partial charge on any atom is 0.327 e. The molecule has 0 aliphatic heterocycles. The second-order valence-corrected chi connectivity index (χ2v) is 8.26. The molecule has 0 aliphatic rings. The van der Waals surface area contributed by atoms with Crippen molar-refractivity contribution in [3.05, 3.63) is 30.3 Å². The summed E-state index contributed by atoms with van der Waals surface area (Å²) in [7, 11) is 0. The zero-order chi connectivity index (χ0) is 16.8. The van der Waals surface area contributed by atoms with E-state index in [2.05, 4.69) is 31.3 Å². The van der Waals surface area contributed by atoms with E-state index in [0.29, 0.717) is 11.7 Å². The van der Waals surface area contributed by atoms with Crippen molar-refractivity contribution in [2.45, 2.75) is 57.6 Å². The number of carbonyl (C=O) groups excluding carboxylic acids is 1. The molecule has 1 atom stereocenters. The fourth-order valence-electron chi connectivity index (χ4n) is 1.75. The Bertz CT molecular complexity index is 468. The molecule has 1 aromatic rings. The number of thioether (sulfide) groups is 1. The molecule has 1 aromatic carbocycles. The molecular formula is C18H29NO2S. The van der Waals surface area contributed by atoms with Crippen molar-refractivity contribution < 1.29 is 9.53 Å². The molecule has 0 radical (unpaired) electrons. The monoisotopic (exact) mass is 323 g/mol. The van der Waals surface area contributed by atoms with Gasteiger partial charge < -0.3 is 10.1 Å². The quantitative estimate of drug-likeness (QED) is 0.605. The summed E-state index contributed by atoms with van der Waals surface area (Å²) in [5.41, 5.74) is -1.17. The molecule has 0 amide bonds. The minimum absolute atomic E-state index is 0.191. The molecule has 22 heavy (non-hydrogen) atoms. The topological polar surface area (TPSA) is 38.3 Å². The molecule has 124 valence electrons. The summed E-state index contributed by atoms with van der Waals surface area (Å²) in [6.45, 7) is 12.7. The summed E-state index contributed by atoms with van der Waals surface area (Å²) >= 11 is 1.67. The average molecular weight is 324 g/mol. The molecule has 1 unspecified atom stereocenters. The van der Waals surface area contributed by atoms with Gasteiger partial charge in [-0.05, 0) is 52.3 Å². The van der Waals surface area contributed by atoms with Gasteiger partial charge in [-0.3, -0.25) is 4.79 Å². The van der Waals surface area contributed by atoms with Gasteiger partial charge >= 0.3 is 5.97 Å². The summed E-state index contributed by atoms with van der Waals surface area (Å²) in [6, 6.07) is 10.1. The number of nitrogens with one attached hydrogen (secondary N) is 1. The van der Waals surface area contributed by atoms with E-state index < -0.39 is 11.1 Å². The smallest absolute Gasteiger partial charge is 0.327 e. The standard InChI is InChI=1S/C18H29NO2S/c1-14(2)12-19-18(6,16(20)21-17(3,4)5)13-22-15-10-8-7-9-11-15/h7-11,14,19H,12-13H2,1-6H3. The third-order valence-corrected chi connectivity index (χ3v) is 4.35. The van der Waals surface area contributed by atoms with Crippen LogP contribution in [0.15, 0.2) is 35.2 Å². The van der Waals surface area contributed by atoms with Gasteiger partial charge in [0.15, 0.2) is 0 Å².